The Morgan fingerprint density at radius 1 is 0.588 bits per heavy atom. The third kappa shape index (κ3) is 2.36. The Balaban J connectivity index is 1.36. The highest BCUT2D eigenvalue weighted by Gasteiger charge is 2.24. The van der Waals surface area contributed by atoms with Crippen molar-refractivity contribution in [1.29, 1.82) is 0 Å². The number of benzene rings is 5. The van der Waals surface area contributed by atoms with Gasteiger partial charge in [-0.3, -0.25) is 0 Å². The van der Waals surface area contributed by atoms with Crippen molar-refractivity contribution in [2.75, 3.05) is 5.73 Å². The Kier molecular flexibility index (Phi) is 3.33. The Bertz CT molecular complexity index is 1930. The zero-order valence-corrected chi connectivity index (χ0v) is 18.5. The molecule has 0 aliphatic heterocycles. The Morgan fingerprint density at radius 3 is 2.35 bits per heavy atom. The summed E-state index contributed by atoms with van der Waals surface area (Å²) in [6.07, 6.45) is 0. The van der Waals surface area contributed by atoms with E-state index in [1.807, 2.05) is 6.07 Å². The number of nitrogens with two attached hydrogens (primary N) is 1. The highest BCUT2D eigenvalue weighted by molar-refractivity contribution is 6.21. The van der Waals surface area contributed by atoms with Gasteiger partial charge in [0, 0.05) is 45.0 Å². The molecule has 2 heterocycles. The summed E-state index contributed by atoms with van der Waals surface area (Å²) in [6, 6.07) is 37.1. The van der Waals surface area contributed by atoms with Gasteiger partial charge in [-0.25, -0.2) is 0 Å². The molecule has 0 spiro atoms. The van der Waals surface area contributed by atoms with Crippen molar-refractivity contribution >= 4 is 49.3 Å². The van der Waals surface area contributed by atoms with E-state index in [2.05, 4.69) is 106 Å². The smallest absolute Gasteiger partial charge is 0.0561 e. The van der Waals surface area contributed by atoms with Crippen LogP contribution in [-0.2, 0) is 6.54 Å². The lowest BCUT2D eigenvalue weighted by Gasteiger charge is -2.10. The topological polar surface area (TPSA) is 35.9 Å². The molecule has 0 amide bonds. The van der Waals surface area contributed by atoms with Crippen LogP contribution < -0.4 is 5.73 Å². The lowest BCUT2D eigenvalue weighted by Crippen LogP contribution is -1.99. The maximum absolute atomic E-state index is 6.21. The molecule has 8 rings (SSSR count). The number of hydrogen-bond acceptors (Lipinski definition) is 1. The zero-order valence-electron chi connectivity index (χ0n) is 18.5. The first kappa shape index (κ1) is 18.0. The van der Waals surface area contributed by atoms with E-state index < -0.39 is 0 Å². The van der Waals surface area contributed by atoms with Gasteiger partial charge in [-0.2, -0.15) is 0 Å². The molecular weight excluding hydrogens is 414 g/mol. The minimum Gasteiger partial charge on any atom is -0.399 e. The predicted octanol–water partition coefficient (Wildman–Crippen LogP) is 7.50. The van der Waals surface area contributed by atoms with Crippen molar-refractivity contribution in [3.05, 3.63) is 109 Å². The lowest BCUT2D eigenvalue weighted by atomic mass is 10.1. The molecule has 2 aromatic heterocycles. The number of para-hydroxylation sites is 2. The molecule has 2 aliphatic rings. The summed E-state index contributed by atoms with van der Waals surface area (Å²) < 4.78 is 4.79. The van der Waals surface area contributed by atoms with Crippen LogP contribution in [-0.4, -0.2) is 9.13 Å². The highest BCUT2D eigenvalue weighted by Crippen LogP contribution is 2.47. The predicted molar refractivity (Wildman–Crippen MR) is 143 cm³/mol. The first-order valence-electron chi connectivity index (χ1n) is 11.7. The second-order valence-corrected chi connectivity index (χ2v) is 9.32. The van der Waals surface area contributed by atoms with Crippen molar-refractivity contribution < 1.29 is 0 Å². The molecule has 0 saturated heterocycles. The third-order valence-corrected chi connectivity index (χ3v) is 7.31. The summed E-state index contributed by atoms with van der Waals surface area (Å²) in [4.78, 5) is 0. The van der Waals surface area contributed by atoms with Crippen LogP contribution in [0.4, 0.5) is 5.69 Å². The first-order chi connectivity index (χ1) is 16.8. The minimum absolute atomic E-state index is 0.781. The molecule has 3 nitrogen and oxygen atoms in total. The molecule has 6 aromatic rings. The van der Waals surface area contributed by atoms with Crippen molar-refractivity contribution in [3.63, 3.8) is 0 Å². The maximum Gasteiger partial charge on any atom is 0.0561 e. The van der Waals surface area contributed by atoms with Crippen LogP contribution in [0.3, 0.4) is 0 Å². The monoisotopic (exact) mass is 435 g/mol. The largest absolute Gasteiger partial charge is 0.399 e. The van der Waals surface area contributed by atoms with E-state index in [-0.39, 0.29) is 0 Å². The fraction of sp³-hybridized carbons (Fsp3) is 0.0323. The number of rotatable bonds is 3. The zero-order chi connectivity index (χ0) is 22.4. The van der Waals surface area contributed by atoms with E-state index in [1.165, 1.54) is 54.8 Å². The second-order valence-electron chi connectivity index (χ2n) is 9.32. The third-order valence-electron chi connectivity index (χ3n) is 7.31. The number of hydrogen-bond donors (Lipinski definition) is 1. The van der Waals surface area contributed by atoms with Gasteiger partial charge in [0.1, 0.15) is 0 Å². The van der Waals surface area contributed by atoms with Crippen LogP contribution in [0, 0.1) is 0 Å². The summed E-state index contributed by atoms with van der Waals surface area (Å²) >= 11 is 0. The van der Waals surface area contributed by atoms with E-state index in [0.29, 0.717) is 0 Å². The van der Waals surface area contributed by atoms with Crippen LogP contribution in [0.25, 0.3) is 60.4 Å². The second kappa shape index (κ2) is 6.30. The molecule has 4 aromatic carbocycles. The van der Waals surface area contributed by atoms with Crippen molar-refractivity contribution in [1.82, 2.24) is 9.13 Å². The van der Waals surface area contributed by atoms with Gasteiger partial charge in [-0.1, -0.05) is 48.5 Å². The fourth-order valence-corrected chi connectivity index (χ4v) is 5.75. The fourth-order valence-electron chi connectivity index (χ4n) is 5.75. The molecule has 160 valence electrons. The molecular formula is C31H21N3. The van der Waals surface area contributed by atoms with Crippen molar-refractivity contribution in [2.45, 2.75) is 6.54 Å². The molecule has 0 radical (unpaired) electrons. The molecule has 0 atom stereocenters. The van der Waals surface area contributed by atoms with Gasteiger partial charge in [-0.05, 0) is 71.3 Å². The van der Waals surface area contributed by atoms with Crippen LogP contribution >= 0.6 is 0 Å². The molecule has 34 heavy (non-hydrogen) atoms. The highest BCUT2D eigenvalue weighted by atomic mass is 15.0. The van der Waals surface area contributed by atoms with Crippen LogP contribution in [0.15, 0.2) is 103 Å². The van der Waals surface area contributed by atoms with Gasteiger partial charge in [0.25, 0.3) is 0 Å². The molecule has 0 fully saturated rings. The average molecular weight is 436 g/mol. The molecule has 2 aliphatic carbocycles. The van der Waals surface area contributed by atoms with Crippen LogP contribution in [0.5, 0.6) is 0 Å². The van der Waals surface area contributed by atoms with Crippen molar-refractivity contribution in [2.24, 2.45) is 0 Å². The van der Waals surface area contributed by atoms with Gasteiger partial charge >= 0.3 is 0 Å². The maximum atomic E-state index is 6.21. The summed E-state index contributed by atoms with van der Waals surface area (Å²) in [5.41, 5.74) is 17.2. The Labute approximate surface area is 196 Å². The Morgan fingerprint density at radius 2 is 1.44 bits per heavy atom. The van der Waals surface area contributed by atoms with E-state index in [1.54, 1.807) is 0 Å². The summed E-state index contributed by atoms with van der Waals surface area (Å²) in [5.74, 6) is 0. The Hall–Kier alpha value is -4.50. The summed E-state index contributed by atoms with van der Waals surface area (Å²) in [5, 5.41) is 5.24. The van der Waals surface area contributed by atoms with Gasteiger partial charge < -0.3 is 14.9 Å². The normalized spacial score (nSPS) is 12.4. The molecule has 0 saturated carbocycles. The molecule has 0 bridgehead atoms. The number of fused-ring (bicyclic) bond motifs is 8. The van der Waals surface area contributed by atoms with Gasteiger partial charge in [0.15, 0.2) is 0 Å². The quantitative estimate of drug-likeness (QED) is 0.287. The number of nitrogens with zero attached hydrogens (tertiary/aromatic N) is 2. The molecule has 0 unspecified atom stereocenters. The first-order valence-corrected chi connectivity index (χ1v) is 11.7. The number of anilines is 1. The minimum atomic E-state index is 0.781. The number of aromatic nitrogens is 2. The standard InChI is InChI=1S/C31H21N3/c32-21-11-12-23-26-14-19(10-13-28(26)34(29(23)17-21)22-6-2-1-3-7-22)18-33-27-9-5-4-8-24(27)31-25-15-20(25)16-30(31)33/h1-17H,18,32H2. The summed E-state index contributed by atoms with van der Waals surface area (Å²) in [7, 11) is 0. The number of nitrogen functional groups attached to an aromatic ring is 1. The van der Waals surface area contributed by atoms with E-state index in [0.717, 1.165) is 23.4 Å². The molecule has 2 N–H and O–H groups in total. The van der Waals surface area contributed by atoms with E-state index in [4.69, 9.17) is 5.73 Å². The van der Waals surface area contributed by atoms with Gasteiger partial charge in [-0.15, -0.1) is 0 Å². The summed E-state index contributed by atoms with van der Waals surface area (Å²) in [6.45, 7) is 0.843. The van der Waals surface area contributed by atoms with Gasteiger partial charge in [0.05, 0.1) is 16.6 Å². The van der Waals surface area contributed by atoms with Crippen LogP contribution in [0.1, 0.15) is 5.56 Å². The van der Waals surface area contributed by atoms with Crippen LogP contribution in [0.2, 0.25) is 0 Å². The van der Waals surface area contributed by atoms with Gasteiger partial charge in [0.2, 0.25) is 0 Å². The van der Waals surface area contributed by atoms with E-state index >= 15 is 0 Å². The van der Waals surface area contributed by atoms with E-state index in [9.17, 15) is 0 Å². The molecule has 3 heteroatoms. The SMILES string of the molecule is Nc1ccc2c3cc(Cn4c5ccccc5c5c6cc-6cc54)ccc3n(-c3ccccc3)c2c1. The average Bonchev–Trinajstić information content (AvgIpc) is 3.27. The van der Waals surface area contributed by atoms with Crippen molar-refractivity contribution in [3.8, 4) is 16.8 Å². The lowest BCUT2D eigenvalue weighted by molar-refractivity contribution is 0.871.